The molecule has 2 aromatic heterocycles. The van der Waals surface area contributed by atoms with Gasteiger partial charge in [-0.3, -0.25) is 4.90 Å². The third kappa shape index (κ3) is 6.59. The molecule has 0 radical (unpaired) electrons. The van der Waals surface area contributed by atoms with Crippen LogP contribution >= 0.6 is 0 Å². The summed E-state index contributed by atoms with van der Waals surface area (Å²) in [5.41, 5.74) is 1.53. The quantitative estimate of drug-likeness (QED) is 0.408. The zero-order chi connectivity index (χ0) is 28.9. The van der Waals surface area contributed by atoms with Crippen LogP contribution in [0.5, 0.6) is 17.2 Å². The Labute approximate surface area is 239 Å². The summed E-state index contributed by atoms with van der Waals surface area (Å²) < 4.78 is 44.7. The molecule has 0 atom stereocenters. The van der Waals surface area contributed by atoms with Crippen LogP contribution in [0, 0.1) is 18.6 Å². The molecule has 2 saturated heterocycles. The lowest BCUT2D eigenvalue weighted by Crippen LogP contribution is -2.52. The van der Waals surface area contributed by atoms with Crippen LogP contribution in [-0.4, -0.2) is 91.3 Å². The molecular formula is C29H37F2N7O3. The van der Waals surface area contributed by atoms with Gasteiger partial charge in [0.15, 0.2) is 28.9 Å². The standard InChI is InChI=1S/C29H37F2N7O3/c1-19-13-20(15-32-28(19)38-7-5-21(6-8-38)37-11-9-36(2)10-12-37)35-29-33-16-22(17-34-29)41-18-23-26(30)24(39-3)14-25(40-4)27(23)31/h13-17,21H,5-12,18H2,1-4H3,(H,33,34,35). The molecule has 1 aromatic carbocycles. The van der Waals surface area contributed by atoms with Crippen molar-refractivity contribution in [2.24, 2.45) is 0 Å². The van der Waals surface area contributed by atoms with E-state index in [0.717, 1.165) is 75.2 Å². The highest BCUT2D eigenvalue weighted by Gasteiger charge is 2.27. The number of halogens is 2. The number of rotatable bonds is 9. The first kappa shape index (κ1) is 28.7. The first-order valence-corrected chi connectivity index (χ1v) is 13.8. The number of piperazine rings is 1. The summed E-state index contributed by atoms with van der Waals surface area (Å²) in [5.74, 6) is -0.372. The van der Waals surface area contributed by atoms with Crippen LogP contribution in [0.4, 0.5) is 26.2 Å². The van der Waals surface area contributed by atoms with Crippen LogP contribution in [0.15, 0.2) is 30.7 Å². The topological polar surface area (TPSA) is 88.1 Å². The van der Waals surface area contributed by atoms with Crippen LogP contribution in [0.2, 0.25) is 0 Å². The molecule has 0 spiro atoms. The van der Waals surface area contributed by atoms with Crippen molar-refractivity contribution in [1.82, 2.24) is 24.8 Å². The molecule has 1 N–H and O–H groups in total. The normalized spacial score (nSPS) is 17.0. The fraction of sp³-hybridized carbons (Fsp3) is 0.483. The number of ether oxygens (including phenoxy) is 3. The number of nitrogens with one attached hydrogen (secondary N) is 1. The van der Waals surface area contributed by atoms with E-state index in [0.29, 0.717) is 12.0 Å². The number of nitrogens with zero attached hydrogens (tertiary/aromatic N) is 6. The van der Waals surface area contributed by atoms with E-state index in [2.05, 4.69) is 44.0 Å². The van der Waals surface area contributed by atoms with Crippen LogP contribution in [0.3, 0.4) is 0 Å². The molecule has 0 amide bonds. The molecule has 0 unspecified atom stereocenters. The lowest BCUT2D eigenvalue weighted by molar-refractivity contribution is 0.0981. The fourth-order valence-electron chi connectivity index (χ4n) is 5.40. The van der Waals surface area contributed by atoms with E-state index < -0.39 is 18.2 Å². The number of methoxy groups -OCH3 is 2. The highest BCUT2D eigenvalue weighted by atomic mass is 19.1. The van der Waals surface area contributed by atoms with Crippen molar-refractivity contribution in [3.63, 3.8) is 0 Å². The zero-order valence-electron chi connectivity index (χ0n) is 24.0. The van der Waals surface area contributed by atoms with Gasteiger partial charge in [-0.1, -0.05) is 0 Å². The van der Waals surface area contributed by atoms with Gasteiger partial charge in [0.2, 0.25) is 5.95 Å². The number of aryl methyl sites for hydroxylation is 1. The molecule has 41 heavy (non-hydrogen) atoms. The van der Waals surface area contributed by atoms with E-state index in [9.17, 15) is 8.78 Å². The van der Waals surface area contributed by atoms with Crippen molar-refractivity contribution in [2.45, 2.75) is 32.4 Å². The minimum atomic E-state index is -0.851. The largest absolute Gasteiger partial charge is 0.494 e. The molecule has 3 aromatic rings. The lowest BCUT2D eigenvalue weighted by atomic mass is 10.0. The van der Waals surface area contributed by atoms with Gasteiger partial charge in [0, 0.05) is 51.4 Å². The summed E-state index contributed by atoms with van der Waals surface area (Å²) in [5, 5.41) is 3.16. The predicted molar refractivity (Wildman–Crippen MR) is 152 cm³/mol. The van der Waals surface area contributed by atoms with E-state index in [1.165, 1.54) is 26.6 Å². The van der Waals surface area contributed by atoms with Crippen LogP contribution in [0.1, 0.15) is 24.0 Å². The SMILES string of the molecule is COc1cc(OC)c(F)c(COc2cnc(Nc3cnc(N4CCC(N5CCN(C)CC5)CC4)c(C)c3)nc2)c1F. The second kappa shape index (κ2) is 12.8. The number of anilines is 3. The first-order chi connectivity index (χ1) is 19.9. The van der Waals surface area contributed by atoms with E-state index >= 15 is 0 Å². The number of aromatic nitrogens is 3. The second-order valence-electron chi connectivity index (χ2n) is 10.5. The van der Waals surface area contributed by atoms with Crippen molar-refractivity contribution in [2.75, 3.05) is 70.8 Å². The van der Waals surface area contributed by atoms with E-state index in [4.69, 9.17) is 19.2 Å². The van der Waals surface area contributed by atoms with E-state index in [1.54, 1.807) is 6.20 Å². The van der Waals surface area contributed by atoms with E-state index in [-0.39, 0.29) is 22.8 Å². The van der Waals surface area contributed by atoms with Crippen LogP contribution in [0.25, 0.3) is 0 Å². The Balaban J connectivity index is 1.16. The van der Waals surface area contributed by atoms with Crippen molar-refractivity contribution < 1.29 is 23.0 Å². The summed E-state index contributed by atoms with van der Waals surface area (Å²) in [6.45, 7) is 8.27. The fourth-order valence-corrected chi connectivity index (χ4v) is 5.40. The minimum absolute atomic E-state index is 0.136. The molecule has 2 aliphatic heterocycles. The Bertz CT molecular complexity index is 1300. The van der Waals surface area contributed by atoms with Crippen molar-refractivity contribution >= 4 is 17.5 Å². The number of pyridine rings is 1. The molecule has 0 aliphatic carbocycles. The minimum Gasteiger partial charge on any atom is -0.494 e. The van der Waals surface area contributed by atoms with Gasteiger partial charge < -0.3 is 29.3 Å². The number of likely N-dealkylation sites (N-methyl/N-ethyl adjacent to an activating group) is 1. The van der Waals surface area contributed by atoms with Crippen LogP contribution < -0.4 is 24.4 Å². The maximum atomic E-state index is 14.6. The molecule has 4 heterocycles. The van der Waals surface area contributed by atoms with Gasteiger partial charge in [-0.15, -0.1) is 0 Å². The van der Waals surface area contributed by atoms with Gasteiger partial charge in [-0.05, 0) is 38.4 Å². The summed E-state index contributed by atoms with van der Waals surface area (Å²) in [6, 6.07) is 3.84. The summed E-state index contributed by atoms with van der Waals surface area (Å²) >= 11 is 0. The Kier molecular flexibility index (Phi) is 8.99. The molecule has 0 saturated carbocycles. The smallest absolute Gasteiger partial charge is 0.227 e. The molecule has 5 rings (SSSR count). The van der Waals surface area contributed by atoms with Gasteiger partial charge >= 0.3 is 0 Å². The van der Waals surface area contributed by atoms with Crippen molar-refractivity contribution in [3.8, 4) is 17.2 Å². The Morgan fingerprint density at radius 1 is 0.878 bits per heavy atom. The molecule has 10 nitrogen and oxygen atoms in total. The molecule has 220 valence electrons. The van der Waals surface area contributed by atoms with Crippen molar-refractivity contribution in [3.05, 3.63) is 53.5 Å². The average Bonchev–Trinajstić information content (AvgIpc) is 2.99. The predicted octanol–water partition coefficient (Wildman–Crippen LogP) is 4.01. The van der Waals surface area contributed by atoms with Crippen molar-refractivity contribution in [1.29, 1.82) is 0 Å². The average molecular weight is 570 g/mol. The molecule has 2 fully saturated rings. The maximum absolute atomic E-state index is 14.6. The van der Waals surface area contributed by atoms with Gasteiger partial charge in [0.25, 0.3) is 0 Å². The van der Waals surface area contributed by atoms with E-state index in [1.807, 2.05) is 6.07 Å². The summed E-state index contributed by atoms with van der Waals surface area (Å²) in [7, 11) is 4.78. The third-order valence-corrected chi connectivity index (χ3v) is 7.80. The number of hydrogen-bond acceptors (Lipinski definition) is 10. The number of benzene rings is 1. The Morgan fingerprint density at radius 3 is 2.10 bits per heavy atom. The highest BCUT2D eigenvalue weighted by molar-refractivity contribution is 5.59. The second-order valence-corrected chi connectivity index (χ2v) is 10.5. The summed E-state index contributed by atoms with van der Waals surface area (Å²) in [4.78, 5) is 20.7. The first-order valence-electron chi connectivity index (χ1n) is 13.8. The molecule has 2 aliphatic rings. The number of hydrogen-bond donors (Lipinski definition) is 1. The highest BCUT2D eigenvalue weighted by Crippen LogP contribution is 2.32. The van der Waals surface area contributed by atoms with Gasteiger partial charge in [-0.25, -0.2) is 23.7 Å². The third-order valence-electron chi connectivity index (χ3n) is 7.80. The maximum Gasteiger partial charge on any atom is 0.227 e. The Hall–Kier alpha value is -3.77. The molecular weight excluding hydrogens is 532 g/mol. The van der Waals surface area contributed by atoms with Crippen LogP contribution in [-0.2, 0) is 6.61 Å². The molecule has 0 bridgehead atoms. The van der Waals surface area contributed by atoms with Gasteiger partial charge in [-0.2, -0.15) is 0 Å². The number of piperidine rings is 1. The zero-order valence-corrected chi connectivity index (χ0v) is 24.0. The monoisotopic (exact) mass is 569 g/mol. The Morgan fingerprint density at radius 2 is 1.51 bits per heavy atom. The van der Waals surface area contributed by atoms with Gasteiger partial charge in [0.05, 0.1) is 44.1 Å². The van der Waals surface area contributed by atoms with Gasteiger partial charge in [0.1, 0.15) is 12.4 Å². The molecule has 12 heteroatoms. The lowest BCUT2D eigenvalue weighted by Gasteiger charge is -2.42. The summed E-state index contributed by atoms with van der Waals surface area (Å²) in [6.07, 6.45) is 6.95.